The van der Waals surface area contributed by atoms with Gasteiger partial charge < -0.3 is 10.2 Å². The Morgan fingerprint density at radius 3 is 2.58 bits per heavy atom. The van der Waals surface area contributed by atoms with Gasteiger partial charge in [-0.25, -0.2) is 0 Å². The molecule has 136 valence electrons. The Morgan fingerprint density at radius 2 is 1.92 bits per heavy atom. The standard InChI is InChI=1S/C21H24N2O2S/c24-19(17-9-4-13-23(17)20(25)18-10-5-14-26-18)22-15-21(11-6-12-21)16-7-2-1-3-8-16/h1-3,5,7-8,10,14,17H,4,6,9,11-13,15H2,(H,22,24)/t17-/m0/s1. The first kappa shape index (κ1) is 17.3. The predicted molar refractivity (Wildman–Crippen MR) is 103 cm³/mol. The Bertz CT molecular complexity index is 769. The Kier molecular flexibility index (Phi) is 4.81. The molecule has 4 nitrogen and oxygen atoms in total. The van der Waals surface area contributed by atoms with E-state index in [2.05, 4.69) is 29.6 Å². The van der Waals surface area contributed by atoms with E-state index in [0.717, 1.165) is 25.7 Å². The quantitative estimate of drug-likeness (QED) is 0.877. The highest BCUT2D eigenvalue weighted by molar-refractivity contribution is 7.12. The van der Waals surface area contributed by atoms with Crippen LogP contribution in [-0.4, -0.2) is 35.8 Å². The van der Waals surface area contributed by atoms with Gasteiger partial charge in [-0.15, -0.1) is 11.3 Å². The summed E-state index contributed by atoms with van der Waals surface area (Å²) in [5, 5.41) is 5.07. The molecule has 1 saturated carbocycles. The predicted octanol–water partition coefficient (Wildman–Crippen LogP) is 3.59. The molecule has 0 bridgehead atoms. The summed E-state index contributed by atoms with van der Waals surface area (Å²) in [6.45, 7) is 1.33. The number of amides is 2. The van der Waals surface area contributed by atoms with Crippen LogP contribution in [0.15, 0.2) is 47.8 Å². The van der Waals surface area contributed by atoms with Gasteiger partial charge in [-0.3, -0.25) is 9.59 Å². The van der Waals surface area contributed by atoms with E-state index in [1.807, 2.05) is 23.6 Å². The minimum Gasteiger partial charge on any atom is -0.353 e. The molecule has 1 atom stereocenters. The highest BCUT2D eigenvalue weighted by atomic mass is 32.1. The fraction of sp³-hybridized carbons (Fsp3) is 0.429. The molecule has 1 aliphatic heterocycles. The average Bonchev–Trinajstić information content (AvgIpc) is 3.33. The number of nitrogens with one attached hydrogen (secondary N) is 1. The van der Waals surface area contributed by atoms with Gasteiger partial charge in [-0.1, -0.05) is 42.8 Å². The Labute approximate surface area is 158 Å². The second-order valence-corrected chi connectivity index (χ2v) is 8.30. The summed E-state index contributed by atoms with van der Waals surface area (Å²) < 4.78 is 0. The minimum atomic E-state index is -0.336. The summed E-state index contributed by atoms with van der Waals surface area (Å²) in [7, 11) is 0. The molecule has 2 amide bonds. The highest BCUT2D eigenvalue weighted by Crippen LogP contribution is 2.43. The molecule has 26 heavy (non-hydrogen) atoms. The first-order valence-electron chi connectivity index (χ1n) is 9.37. The number of likely N-dealkylation sites (tertiary alicyclic amines) is 1. The number of hydrogen-bond acceptors (Lipinski definition) is 3. The van der Waals surface area contributed by atoms with Gasteiger partial charge in [0.1, 0.15) is 6.04 Å². The van der Waals surface area contributed by atoms with Crippen molar-refractivity contribution in [1.82, 2.24) is 10.2 Å². The molecule has 5 heteroatoms. The van der Waals surface area contributed by atoms with Crippen molar-refractivity contribution in [3.05, 3.63) is 58.3 Å². The zero-order valence-electron chi connectivity index (χ0n) is 14.8. The lowest BCUT2D eigenvalue weighted by Crippen LogP contribution is -2.51. The van der Waals surface area contributed by atoms with Crippen molar-refractivity contribution in [2.24, 2.45) is 0 Å². The molecular formula is C21H24N2O2S. The van der Waals surface area contributed by atoms with Crippen molar-refractivity contribution in [3.8, 4) is 0 Å². The lowest BCUT2D eigenvalue weighted by Gasteiger charge is -2.43. The topological polar surface area (TPSA) is 49.4 Å². The molecule has 2 fully saturated rings. The van der Waals surface area contributed by atoms with Gasteiger partial charge in [-0.2, -0.15) is 0 Å². The minimum absolute atomic E-state index is 0.00499. The van der Waals surface area contributed by atoms with Crippen LogP contribution in [0.5, 0.6) is 0 Å². The number of rotatable bonds is 5. The zero-order valence-corrected chi connectivity index (χ0v) is 15.6. The van der Waals surface area contributed by atoms with E-state index in [4.69, 9.17) is 0 Å². The number of hydrogen-bond donors (Lipinski definition) is 1. The third-order valence-electron chi connectivity index (χ3n) is 5.85. The molecule has 1 saturated heterocycles. The molecule has 0 spiro atoms. The van der Waals surface area contributed by atoms with Gasteiger partial charge in [0.05, 0.1) is 4.88 Å². The van der Waals surface area contributed by atoms with Crippen molar-refractivity contribution in [3.63, 3.8) is 0 Å². The molecular weight excluding hydrogens is 344 g/mol. The number of nitrogens with zero attached hydrogens (tertiary/aromatic N) is 1. The first-order chi connectivity index (χ1) is 12.7. The fourth-order valence-corrected chi connectivity index (χ4v) is 4.84. The Hall–Kier alpha value is -2.14. The van der Waals surface area contributed by atoms with E-state index in [-0.39, 0.29) is 23.3 Å². The number of carbonyl (C=O) groups excluding carboxylic acids is 2. The van der Waals surface area contributed by atoms with E-state index in [9.17, 15) is 9.59 Å². The monoisotopic (exact) mass is 368 g/mol. The summed E-state index contributed by atoms with van der Waals surface area (Å²) in [6.07, 6.45) is 5.07. The van der Waals surface area contributed by atoms with Crippen LogP contribution in [0.3, 0.4) is 0 Å². The van der Waals surface area contributed by atoms with E-state index in [0.29, 0.717) is 18.0 Å². The van der Waals surface area contributed by atoms with Crippen LogP contribution in [0.4, 0.5) is 0 Å². The van der Waals surface area contributed by atoms with Crippen LogP contribution in [-0.2, 0) is 10.2 Å². The summed E-state index contributed by atoms with van der Waals surface area (Å²) >= 11 is 1.44. The average molecular weight is 369 g/mol. The Balaban J connectivity index is 1.42. The van der Waals surface area contributed by atoms with E-state index in [1.54, 1.807) is 4.90 Å². The smallest absolute Gasteiger partial charge is 0.264 e. The van der Waals surface area contributed by atoms with Gasteiger partial charge in [0.2, 0.25) is 5.91 Å². The van der Waals surface area contributed by atoms with Gasteiger partial charge in [-0.05, 0) is 42.7 Å². The van der Waals surface area contributed by atoms with Gasteiger partial charge in [0.25, 0.3) is 5.91 Å². The largest absolute Gasteiger partial charge is 0.353 e. The van der Waals surface area contributed by atoms with E-state index >= 15 is 0 Å². The first-order valence-corrected chi connectivity index (χ1v) is 10.3. The summed E-state index contributed by atoms with van der Waals surface area (Å²) in [5.74, 6) is -0.0197. The molecule has 1 aliphatic carbocycles. The van der Waals surface area contributed by atoms with Gasteiger partial charge in [0.15, 0.2) is 0 Å². The van der Waals surface area contributed by atoms with Crippen molar-refractivity contribution in [1.29, 1.82) is 0 Å². The van der Waals surface area contributed by atoms with Gasteiger partial charge in [0, 0.05) is 18.5 Å². The molecule has 2 heterocycles. The van der Waals surface area contributed by atoms with Crippen LogP contribution in [0.2, 0.25) is 0 Å². The lowest BCUT2D eigenvalue weighted by atomic mass is 9.64. The third-order valence-corrected chi connectivity index (χ3v) is 6.70. The zero-order chi connectivity index (χ0) is 18.0. The molecule has 4 rings (SSSR count). The second-order valence-electron chi connectivity index (χ2n) is 7.35. The van der Waals surface area contributed by atoms with E-state index in [1.165, 1.54) is 23.3 Å². The molecule has 1 aromatic carbocycles. The van der Waals surface area contributed by atoms with Crippen LogP contribution in [0.25, 0.3) is 0 Å². The SMILES string of the molecule is O=C(NCC1(c2ccccc2)CCC1)[C@@H]1CCCN1C(=O)c1cccs1. The van der Waals surface area contributed by atoms with Crippen molar-refractivity contribution in [2.75, 3.05) is 13.1 Å². The maximum Gasteiger partial charge on any atom is 0.264 e. The maximum absolute atomic E-state index is 12.8. The number of thiophene rings is 1. The van der Waals surface area contributed by atoms with Crippen molar-refractivity contribution >= 4 is 23.2 Å². The van der Waals surface area contributed by atoms with Crippen molar-refractivity contribution in [2.45, 2.75) is 43.6 Å². The molecule has 0 radical (unpaired) electrons. The third kappa shape index (κ3) is 3.16. The second kappa shape index (κ2) is 7.23. The van der Waals surface area contributed by atoms with Crippen LogP contribution >= 0.6 is 11.3 Å². The highest BCUT2D eigenvalue weighted by Gasteiger charge is 2.40. The van der Waals surface area contributed by atoms with Crippen LogP contribution < -0.4 is 5.32 Å². The molecule has 1 aromatic heterocycles. The van der Waals surface area contributed by atoms with E-state index < -0.39 is 0 Å². The summed E-state index contributed by atoms with van der Waals surface area (Å²) in [5.41, 5.74) is 1.38. The fourth-order valence-electron chi connectivity index (χ4n) is 4.16. The van der Waals surface area contributed by atoms with Crippen molar-refractivity contribution < 1.29 is 9.59 Å². The number of benzene rings is 1. The molecule has 2 aliphatic rings. The Morgan fingerprint density at radius 1 is 1.12 bits per heavy atom. The molecule has 1 N–H and O–H groups in total. The number of carbonyl (C=O) groups is 2. The van der Waals surface area contributed by atoms with Gasteiger partial charge >= 0.3 is 0 Å². The normalized spacial score (nSPS) is 21.2. The summed E-state index contributed by atoms with van der Waals surface area (Å²) in [6, 6.07) is 13.9. The molecule has 2 aromatic rings. The summed E-state index contributed by atoms with van der Waals surface area (Å²) in [4.78, 5) is 28.0. The maximum atomic E-state index is 12.8. The van der Waals surface area contributed by atoms with Crippen LogP contribution in [0, 0.1) is 0 Å². The molecule has 0 unspecified atom stereocenters. The lowest BCUT2D eigenvalue weighted by molar-refractivity contribution is -0.125. The van der Waals surface area contributed by atoms with Crippen LogP contribution in [0.1, 0.15) is 47.3 Å².